The van der Waals surface area contributed by atoms with Crippen molar-refractivity contribution in [2.24, 2.45) is 0 Å². The molecule has 1 amide bonds. The molecule has 11 nitrogen and oxygen atoms in total. The molecule has 3 heterocycles. The van der Waals surface area contributed by atoms with E-state index in [-0.39, 0.29) is 18.3 Å². The van der Waals surface area contributed by atoms with Gasteiger partial charge in [-0.2, -0.15) is 4.98 Å². The van der Waals surface area contributed by atoms with Crippen LogP contribution in [0.1, 0.15) is 51.9 Å². The standard InChI is InChI=1S/C24H35N5O6S/c1-15(2)34-23(30)29-12-10-17(11-13-29)35-22-20(33-6)21(25-14-26-22)28-18-8-9-19(27-16(18)3)24(4,5)36(7,31)32/h8-9,14-15,17H,10-13H2,1-7H3,(H,25,26,28). The van der Waals surface area contributed by atoms with Crippen LogP contribution in [0.25, 0.3) is 0 Å². The molecule has 2 aromatic rings. The second kappa shape index (κ2) is 10.9. The summed E-state index contributed by atoms with van der Waals surface area (Å²) >= 11 is 0. The van der Waals surface area contributed by atoms with E-state index >= 15 is 0 Å². The number of piperidine rings is 1. The minimum atomic E-state index is -3.36. The molecule has 0 atom stereocenters. The third-order valence-electron chi connectivity index (χ3n) is 6.17. The Bertz CT molecular complexity index is 1190. The molecule has 12 heteroatoms. The molecular formula is C24H35N5O6S. The molecule has 2 aromatic heterocycles. The summed E-state index contributed by atoms with van der Waals surface area (Å²) in [6, 6.07) is 3.44. The Labute approximate surface area is 212 Å². The zero-order valence-electron chi connectivity index (χ0n) is 21.9. The summed E-state index contributed by atoms with van der Waals surface area (Å²) in [4.78, 5) is 26.9. The highest BCUT2D eigenvalue weighted by molar-refractivity contribution is 7.91. The number of aromatic nitrogens is 3. The minimum Gasteiger partial charge on any atom is -0.489 e. The van der Waals surface area contributed by atoms with E-state index in [0.29, 0.717) is 60.5 Å². The predicted octanol–water partition coefficient (Wildman–Crippen LogP) is 3.60. The number of rotatable bonds is 8. The lowest BCUT2D eigenvalue weighted by atomic mass is 10.1. The van der Waals surface area contributed by atoms with Gasteiger partial charge in [0.1, 0.15) is 17.2 Å². The number of ether oxygens (including phenoxy) is 3. The second-order valence-corrected chi connectivity index (χ2v) is 12.1. The van der Waals surface area contributed by atoms with Crippen LogP contribution in [0.15, 0.2) is 18.5 Å². The van der Waals surface area contributed by atoms with Gasteiger partial charge in [-0.25, -0.2) is 18.2 Å². The maximum absolute atomic E-state index is 12.2. The highest BCUT2D eigenvalue weighted by atomic mass is 32.2. The van der Waals surface area contributed by atoms with Crippen molar-refractivity contribution in [1.29, 1.82) is 0 Å². The summed E-state index contributed by atoms with van der Waals surface area (Å²) in [6.07, 6.45) is 3.20. The van der Waals surface area contributed by atoms with Crippen LogP contribution in [0, 0.1) is 6.92 Å². The number of anilines is 2. The van der Waals surface area contributed by atoms with Crippen molar-refractivity contribution in [1.82, 2.24) is 19.9 Å². The summed E-state index contributed by atoms with van der Waals surface area (Å²) in [6.45, 7) is 9.74. The third kappa shape index (κ3) is 6.15. The smallest absolute Gasteiger partial charge is 0.410 e. The van der Waals surface area contributed by atoms with Gasteiger partial charge >= 0.3 is 6.09 Å². The van der Waals surface area contributed by atoms with E-state index in [2.05, 4.69) is 20.3 Å². The van der Waals surface area contributed by atoms with Crippen LogP contribution in [0.4, 0.5) is 16.3 Å². The Kier molecular flexibility index (Phi) is 8.27. The molecule has 1 aliphatic rings. The molecule has 3 rings (SSSR count). The van der Waals surface area contributed by atoms with Gasteiger partial charge in [-0.1, -0.05) is 0 Å². The second-order valence-electron chi connectivity index (χ2n) is 9.53. The number of nitrogens with zero attached hydrogens (tertiary/aromatic N) is 4. The molecule has 0 aliphatic carbocycles. The van der Waals surface area contributed by atoms with Crippen LogP contribution in [-0.2, 0) is 19.3 Å². The van der Waals surface area contributed by atoms with Gasteiger partial charge in [-0.3, -0.25) is 4.98 Å². The van der Waals surface area contributed by atoms with E-state index in [4.69, 9.17) is 14.2 Å². The van der Waals surface area contributed by atoms with Crippen molar-refractivity contribution >= 4 is 27.4 Å². The number of carbonyl (C=O) groups is 1. The van der Waals surface area contributed by atoms with Crippen LogP contribution < -0.4 is 14.8 Å². The van der Waals surface area contributed by atoms with Gasteiger partial charge < -0.3 is 24.4 Å². The van der Waals surface area contributed by atoms with Gasteiger partial charge in [0, 0.05) is 32.2 Å². The summed E-state index contributed by atoms with van der Waals surface area (Å²) in [5.41, 5.74) is 1.70. The summed E-state index contributed by atoms with van der Waals surface area (Å²) in [5, 5.41) is 3.19. The average Bonchev–Trinajstić information content (AvgIpc) is 2.79. The molecule has 36 heavy (non-hydrogen) atoms. The number of likely N-dealkylation sites (tertiary alicyclic amines) is 1. The van der Waals surface area contributed by atoms with Crippen LogP contribution in [0.3, 0.4) is 0 Å². The van der Waals surface area contributed by atoms with E-state index in [1.165, 1.54) is 19.7 Å². The van der Waals surface area contributed by atoms with Crippen molar-refractivity contribution < 1.29 is 27.4 Å². The van der Waals surface area contributed by atoms with Gasteiger partial charge in [0.05, 0.1) is 30.3 Å². The molecule has 0 spiro atoms. The van der Waals surface area contributed by atoms with Crippen LogP contribution in [0.5, 0.6) is 11.6 Å². The van der Waals surface area contributed by atoms with E-state index in [1.54, 1.807) is 37.8 Å². The zero-order chi connectivity index (χ0) is 26.7. The number of hydrogen-bond donors (Lipinski definition) is 1. The number of methoxy groups -OCH3 is 1. The average molecular weight is 522 g/mol. The molecule has 0 bridgehead atoms. The molecule has 0 saturated carbocycles. The van der Waals surface area contributed by atoms with Gasteiger partial charge in [0.15, 0.2) is 15.7 Å². The largest absolute Gasteiger partial charge is 0.489 e. The number of sulfone groups is 1. The van der Waals surface area contributed by atoms with Gasteiger partial charge in [-0.05, 0) is 46.8 Å². The van der Waals surface area contributed by atoms with Crippen LogP contribution >= 0.6 is 0 Å². The lowest BCUT2D eigenvalue weighted by Gasteiger charge is -2.32. The van der Waals surface area contributed by atoms with E-state index in [9.17, 15) is 13.2 Å². The molecule has 1 fully saturated rings. The predicted molar refractivity (Wildman–Crippen MR) is 136 cm³/mol. The molecule has 1 N–H and O–H groups in total. The fraction of sp³-hybridized carbons (Fsp3) is 0.583. The summed E-state index contributed by atoms with van der Waals surface area (Å²) in [7, 11) is -1.85. The Morgan fingerprint density at radius 1 is 1.19 bits per heavy atom. The van der Waals surface area contributed by atoms with E-state index in [0.717, 1.165) is 0 Å². The number of aryl methyl sites for hydroxylation is 1. The quantitative estimate of drug-likeness (QED) is 0.549. The monoisotopic (exact) mass is 521 g/mol. The van der Waals surface area contributed by atoms with Gasteiger partial charge in [0.25, 0.3) is 5.88 Å². The number of amides is 1. The SMILES string of the molecule is COc1c(Nc2ccc(C(C)(C)S(C)(=O)=O)nc2C)ncnc1OC1CCN(C(=O)OC(C)C)CC1. The van der Waals surface area contributed by atoms with Crippen LogP contribution in [0.2, 0.25) is 0 Å². The van der Waals surface area contributed by atoms with Crippen molar-refractivity contribution in [3.05, 3.63) is 29.8 Å². The molecule has 0 aromatic carbocycles. The highest BCUT2D eigenvalue weighted by Gasteiger charge is 2.34. The summed E-state index contributed by atoms with van der Waals surface area (Å²) < 4.78 is 40.2. The Morgan fingerprint density at radius 2 is 1.86 bits per heavy atom. The Hall–Kier alpha value is -3.15. The third-order valence-corrected chi connectivity index (χ3v) is 8.24. The molecule has 198 valence electrons. The fourth-order valence-corrected chi connectivity index (χ4v) is 4.14. The Balaban J connectivity index is 1.73. The Morgan fingerprint density at radius 3 is 2.42 bits per heavy atom. The maximum atomic E-state index is 12.2. The first-order chi connectivity index (χ1) is 16.8. The first-order valence-corrected chi connectivity index (χ1v) is 13.7. The maximum Gasteiger partial charge on any atom is 0.410 e. The zero-order valence-corrected chi connectivity index (χ0v) is 22.7. The first-order valence-electron chi connectivity index (χ1n) is 11.8. The number of carbonyl (C=O) groups excluding carboxylic acids is 1. The van der Waals surface area contributed by atoms with Crippen molar-refractivity contribution in [2.45, 2.75) is 64.4 Å². The molecular weight excluding hydrogens is 486 g/mol. The summed E-state index contributed by atoms with van der Waals surface area (Å²) in [5.74, 6) is 1.01. The van der Waals surface area contributed by atoms with Gasteiger partial charge in [-0.15, -0.1) is 0 Å². The fourth-order valence-electron chi connectivity index (χ4n) is 3.65. The lowest BCUT2D eigenvalue weighted by molar-refractivity contribution is 0.0500. The lowest BCUT2D eigenvalue weighted by Crippen LogP contribution is -2.42. The first kappa shape index (κ1) is 27.4. The minimum absolute atomic E-state index is 0.148. The highest BCUT2D eigenvalue weighted by Crippen LogP contribution is 2.36. The molecule has 1 aliphatic heterocycles. The van der Waals surface area contributed by atoms with Crippen molar-refractivity contribution in [2.75, 3.05) is 31.8 Å². The normalized spacial score (nSPS) is 15.1. The van der Waals surface area contributed by atoms with Crippen LogP contribution in [-0.4, -0.2) is 73.0 Å². The topological polar surface area (TPSA) is 133 Å². The van der Waals surface area contributed by atoms with E-state index in [1.807, 2.05) is 13.8 Å². The van der Waals surface area contributed by atoms with Crippen molar-refractivity contribution in [3.63, 3.8) is 0 Å². The molecule has 0 unspecified atom stereocenters. The molecule has 0 radical (unpaired) electrons. The van der Waals surface area contributed by atoms with Gasteiger partial charge in [0.2, 0.25) is 5.75 Å². The number of hydrogen-bond acceptors (Lipinski definition) is 10. The number of pyridine rings is 1. The number of nitrogens with one attached hydrogen (secondary N) is 1. The molecule has 1 saturated heterocycles. The van der Waals surface area contributed by atoms with Crippen molar-refractivity contribution in [3.8, 4) is 11.6 Å². The van der Waals surface area contributed by atoms with E-state index < -0.39 is 14.6 Å².